The molecule has 0 aliphatic carbocycles. The average Bonchev–Trinajstić information content (AvgIpc) is 2.51. The highest BCUT2D eigenvalue weighted by atomic mass is 16.5. The third-order valence-corrected chi connectivity index (χ3v) is 4.27. The summed E-state index contributed by atoms with van der Waals surface area (Å²) in [6.45, 7) is 4.06. The summed E-state index contributed by atoms with van der Waals surface area (Å²) in [4.78, 5) is 6.92. The maximum Gasteiger partial charge on any atom is 0.212 e. The molecule has 4 nitrogen and oxygen atoms in total. The molecule has 2 rings (SSSR count). The predicted octanol–water partition coefficient (Wildman–Crippen LogP) is 2.74. The molecule has 1 aromatic rings. The zero-order chi connectivity index (χ0) is 14.4. The van der Waals surface area contributed by atoms with Crippen LogP contribution >= 0.6 is 0 Å². The number of nitrogens with two attached hydrogens (primary N) is 1. The molecule has 0 radical (unpaired) electrons. The summed E-state index contributed by atoms with van der Waals surface area (Å²) in [6, 6.07) is 4.98. The Bertz CT molecular complexity index is 391. The SMILES string of the molecule is CCCC1CCCCN1C(CN)c1ccc(OC)nc1. The molecule has 0 spiro atoms. The number of pyridine rings is 1. The van der Waals surface area contributed by atoms with E-state index in [0.29, 0.717) is 18.5 Å². The summed E-state index contributed by atoms with van der Waals surface area (Å²) in [6.07, 6.45) is 8.33. The molecule has 20 heavy (non-hydrogen) atoms. The van der Waals surface area contributed by atoms with E-state index < -0.39 is 0 Å². The minimum absolute atomic E-state index is 0.283. The van der Waals surface area contributed by atoms with E-state index in [9.17, 15) is 0 Å². The highest BCUT2D eigenvalue weighted by molar-refractivity contribution is 5.21. The van der Waals surface area contributed by atoms with Crippen molar-refractivity contribution in [3.63, 3.8) is 0 Å². The van der Waals surface area contributed by atoms with Gasteiger partial charge in [0.05, 0.1) is 7.11 Å². The normalized spacial score (nSPS) is 21.6. The van der Waals surface area contributed by atoms with Crippen LogP contribution in [0.3, 0.4) is 0 Å². The van der Waals surface area contributed by atoms with E-state index in [1.54, 1.807) is 7.11 Å². The summed E-state index contributed by atoms with van der Waals surface area (Å²) in [5.41, 5.74) is 7.27. The molecule has 4 heteroatoms. The topological polar surface area (TPSA) is 51.4 Å². The van der Waals surface area contributed by atoms with Gasteiger partial charge in [-0.15, -0.1) is 0 Å². The van der Waals surface area contributed by atoms with Crippen LogP contribution in [-0.4, -0.2) is 36.1 Å². The molecule has 2 atom stereocenters. The second kappa shape index (κ2) is 7.60. The number of hydrogen-bond acceptors (Lipinski definition) is 4. The number of rotatable bonds is 6. The number of methoxy groups -OCH3 is 1. The van der Waals surface area contributed by atoms with Crippen LogP contribution in [0.1, 0.15) is 50.6 Å². The molecule has 112 valence electrons. The van der Waals surface area contributed by atoms with Crippen molar-refractivity contribution in [2.75, 3.05) is 20.2 Å². The lowest BCUT2D eigenvalue weighted by Crippen LogP contribution is -2.44. The summed E-state index contributed by atoms with van der Waals surface area (Å²) in [5.74, 6) is 0.660. The van der Waals surface area contributed by atoms with E-state index >= 15 is 0 Å². The van der Waals surface area contributed by atoms with Gasteiger partial charge in [-0.2, -0.15) is 0 Å². The Kier molecular flexibility index (Phi) is 5.80. The van der Waals surface area contributed by atoms with Gasteiger partial charge in [0.1, 0.15) is 0 Å². The lowest BCUT2D eigenvalue weighted by atomic mass is 9.94. The van der Waals surface area contributed by atoms with Crippen molar-refractivity contribution in [3.8, 4) is 5.88 Å². The standard InChI is InChI=1S/C16H27N3O/c1-3-6-14-7-4-5-10-19(14)15(11-17)13-8-9-16(20-2)18-12-13/h8-9,12,14-15H,3-7,10-11,17H2,1-2H3. The fraction of sp³-hybridized carbons (Fsp3) is 0.688. The fourth-order valence-electron chi connectivity index (χ4n) is 3.25. The molecule has 1 aliphatic rings. The van der Waals surface area contributed by atoms with Crippen LogP contribution in [0.5, 0.6) is 5.88 Å². The van der Waals surface area contributed by atoms with Crippen molar-refractivity contribution in [1.29, 1.82) is 0 Å². The van der Waals surface area contributed by atoms with E-state index in [-0.39, 0.29) is 6.04 Å². The predicted molar refractivity (Wildman–Crippen MR) is 81.8 cm³/mol. The number of nitrogens with zero attached hydrogens (tertiary/aromatic N) is 2. The Morgan fingerprint density at radius 3 is 2.90 bits per heavy atom. The molecule has 0 saturated carbocycles. The first-order chi connectivity index (χ1) is 9.80. The summed E-state index contributed by atoms with van der Waals surface area (Å²) in [5, 5.41) is 0. The lowest BCUT2D eigenvalue weighted by molar-refractivity contribution is 0.0910. The van der Waals surface area contributed by atoms with Gasteiger partial charge < -0.3 is 10.5 Å². The lowest BCUT2D eigenvalue weighted by Gasteiger charge is -2.41. The van der Waals surface area contributed by atoms with E-state index in [2.05, 4.69) is 22.9 Å². The van der Waals surface area contributed by atoms with Crippen molar-refractivity contribution in [3.05, 3.63) is 23.9 Å². The maximum atomic E-state index is 6.06. The van der Waals surface area contributed by atoms with Crippen LogP contribution < -0.4 is 10.5 Å². The third-order valence-electron chi connectivity index (χ3n) is 4.27. The average molecular weight is 277 g/mol. The second-order valence-electron chi connectivity index (χ2n) is 5.56. The van der Waals surface area contributed by atoms with Gasteiger partial charge in [0, 0.05) is 30.9 Å². The number of hydrogen-bond donors (Lipinski definition) is 1. The van der Waals surface area contributed by atoms with Crippen LogP contribution in [-0.2, 0) is 0 Å². The molecule has 1 aromatic heterocycles. The van der Waals surface area contributed by atoms with Gasteiger partial charge in [0.15, 0.2) is 0 Å². The van der Waals surface area contributed by atoms with E-state index in [0.717, 1.165) is 6.54 Å². The molecule has 2 N–H and O–H groups in total. The van der Waals surface area contributed by atoms with E-state index in [1.165, 1.54) is 37.7 Å². The highest BCUT2D eigenvalue weighted by Crippen LogP contribution is 2.30. The molecule has 2 unspecified atom stereocenters. The summed E-state index contributed by atoms with van der Waals surface area (Å²) < 4.78 is 5.13. The zero-order valence-corrected chi connectivity index (χ0v) is 12.7. The Hall–Kier alpha value is -1.13. The molecule has 1 fully saturated rings. The summed E-state index contributed by atoms with van der Waals surface area (Å²) >= 11 is 0. The number of ether oxygens (including phenoxy) is 1. The van der Waals surface area contributed by atoms with Crippen LogP contribution in [0.2, 0.25) is 0 Å². The van der Waals surface area contributed by atoms with Gasteiger partial charge >= 0.3 is 0 Å². The van der Waals surface area contributed by atoms with Crippen LogP contribution in [0.15, 0.2) is 18.3 Å². The van der Waals surface area contributed by atoms with E-state index in [1.807, 2.05) is 12.3 Å². The van der Waals surface area contributed by atoms with Gasteiger partial charge in [-0.3, -0.25) is 4.90 Å². The molecule has 0 amide bonds. The molecule has 0 bridgehead atoms. The van der Waals surface area contributed by atoms with Gasteiger partial charge in [0.2, 0.25) is 5.88 Å². The van der Waals surface area contributed by atoms with Gasteiger partial charge in [-0.05, 0) is 31.4 Å². The first kappa shape index (κ1) is 15.3. The fourth-order valence-corrected chi connectivity index (χ4v) is 3.25. The zero-order valence-electron chi connectivity index (χ0n) is 12.7. The summed E-state index contributed by atoms with van der Waals surface area (Å²) in [7, 11) is 1.64. The van der Waals surface area contributed by atoms with Gasteiger partial charge in [0.25, 0.3) is 0 Å². The Balaban J connectivity index is 2.15. The number of piperidine rings is 1. The molecule has 0 aromatic carbocycles. The number of likely N-dealkylation sites (tertiary alicyclic amines) is 1. The molecule has 2 heterocycles. The van der Waals surface area contributed by atoms with Gasteiger partial charge in [-0.1, -0.05) is 25.8 Å². The minimum Gasteiger partial charge on any atom is -0.481 e. The highest BCUT2D eigenvalue weighted by Gasteiger charge is 2.28. The molecular weight excluding hydrogens is 250 g/mol. The maximum absolute atomic E-state index is 6.06. The molecule has 1 aliphatic heterocycles. The second-order valence-corrected chi connectivity index (χ2v) is 5.56. The first-order valence-electron chi connectivity index (χ1n) is 7.75. The van der Waals surface area contributed by atoms with Gasteiger partial charge in [-0.25, -0.2) is 4.98 Å². The van der Waals surface area contributed by atoms with Crippen LogP contribution in [0, 0.1) is 0 Å². The van der Waals surface area contributed by atoms with Crippen molar-refractivity contribution < 1.29 is 4.74 Å². The molecular formula is C16H27N3O. The third kappa shape index (κ3) is 3.49. The Morgan fingerprint density at radius 2 is 2.30 bits per heavy atom. The molecule has 1 saturated heterocycles. The Labute approximate surface area is 122 Å². The smallest absolute Gasteiger partial charge is 0.212 e. The minimum atomic E-state index is 0.283. The monoisotopic (exact) mass is 277 g/mol. The number of aromatic nitrogens is 1. The van der Waals surface area contributed by atoms with Crippen molar-refractivity contribution in [2.45, 2.75) is 51.1 Å². The quantitative estimate of drug-likeness (QED) is 0.868. The van der Waals surface area contributed by atoms with Crippen LogP contribution in [0.4, 0.5) is 0 Å². The van der Waals surface area contributed by atoms with Crippen LogP contribution in [0.25, 0.3) is 0 Å². The largest absolute Gasteiger partial charge is 0.481 e. The van der Waals surface area contributed by atoms with E-state index in [4.69, 9.17) is 10.5 Å². The van der Waals surface area contributed by atoms with Crippen molar-refractivity contribution in [2.24, 2.45) is 5.73 Å². The van der Waals surface area contributed by atoms with Crippen molar-refractivity contribution in [1.82, 2.24) is 9.88 Å². The Morgan fingerprint density at radius 1 is 1.45 bits per heavy atom. The first-order valence-corrected chi connectivity index (χ1v) is 7.75. The van der Waals surface area contributed by atoms with Crippen molar-refractivity contribution >= 4 is 0 Å².